The molecule has 0 radical (unpaired) electrons. The third-order valence-corrected chi connectivity index (χ3v) is 4.49. The lowest BCUT2D eigenvalue weighted by Gasteiger charge is -2.14. The minimum absolute atomic E-state index is 0.203. The molecule has 1 rings (SSSR count). The van der Waals surface area contributed by atoms with Gasteiger partial charge in [-0.15, -0.1) is 0 Å². The normalized spacial score (nSPS) is 13.3. The van der Waals surface area contributed by atoms with E-state index >= 15 is 0 Å². The highest BCUT2D eigenvalue weighted by atomic mass is 32.2. The molecule has 1 N–H and O–H groups in total. The summed E-state index contributed by atoms with van der Waals surface area (Å²) < 4.78 is 28.3. The van der Waals surface area contributed by atoms with Crippen molar-refractivity contribution in [3.8, 4) is 0 Å². The molecule has 1 aromatic rings. The van der Waals surface area contributed by atoms with Crippen LogP contribution in [0.15, 0.2) is 29.2 Å². The molecule has 0 spiro atoms. The molecule has 0 saturated heterocycles. The molecule has 0 amide bonds. The quantitative estimate of drug-likeness (QED) is 0.675. The zero-order valence-corrected chi connectivity index (χ0v) is 14.1. The number of rotatable bonds is 10. The third-order valence-electron chi connectivity index (χ3n) is 3.37. The smallest absolute Gasteiger partial charge is 0.175 e. The molecule has 120 valence electrons. The predicted octanol–water partition coefficient (Wildman–Crippen LogP) is 2.95. The van der Waals surface area contributed by atoms with E-state index in [9.17, 15) is 8.42 Å². The van der Waals surface area contributed by atoms with Gasteiger partial charge in [-0.05, 0) is 44.0 Å². The minimum Gasteiger partial charge on any atom is -0.381 e. The summed E-state index contributed by atoms with van der Waals surface area (Å²) in [4.78, 5) is 0.364. The van der Waals surface area contributed by atoms with Crippen molar-refractivity contribution in [3.05, 3.63) is 29.8 Å². The number of sulfone groups is 1. The van der Waals surface area contributed by atoms with Crippen molar-refractivity contribution in [1.82, 2.24) is 5.32 Å². The van der Waals surface area contributed by atoms with E-state index in [-0.39, 0.29) is 6.04 Å². The summed E-state index contributed by atoms with van der Waals surface area (Å²) in [5.41, 5.74) is 1.09. The summed E-state index contributed by atoms with van der Waals surface area (Å²) >= 11 is 0. The Kier molecular flexibility index (Phi) is 7.93. The van der Waals surface area contributed by atoms with Gasteiger partial charge in [0.15, 0.2) is 9.84 Å². The average molecular weight is 313 g/mol. The molecule has 0 aliphatic carbocycles. The second-order valence-electron chi connectivity index (χ2n) is 5.34. The van der Waals surface area contributed by atoms with E-state index in [4.69, 9.17) is 4.74 Å². The van der Waals surface area contributed by atoms with Crippen molar-refractivity contribution in [1.29, 1.82) is 0 Å². The van der Waals surface area contributed by atoms with Gasteiger partial charge in [0.05, 0.1) is 4.90 Å². The molecule has 1 atom stereocenters. The SMILES string of the molecule is CCCCOCCCNC(C)c1ccc(S(C)(=O)=O)cc1. The molecule has 4 nitrogen and oxygen atoms in total. The highest BCUT2D eigenvalue weighted by Gasteiger charge is 2.09. The predicted molar refractivity (Wildman–Crippen MR) is 86.3 cm³/mol. The molecule has 21 heavy (non-hydrogen) atoms. The van der Waals surface area contributed by atoms with Crippen molar-refractivity contribution >= 4 is 9.84 Å². The van der Waals surface area contributed by atoms with E-state index in [1.54, 1.807) is 12.1 Å². The molecule has 1 unspecified atom stereocenters. The molecule has 0 saturated carbocycles. The van der Waals surface area contributed by atoms with Crippen molar-refractivity contribution in [2.45, 2.75) is 44.0 Å². The summed E-state index contributed by atoms with van der Waals surface area (Å²) in [7, 11) is -3.11. The first-order chi connectivity index (χ1) is 9.95. The standard InChI is InChI=1S/C16H27NO3S/c1-4-5-12-20-13-6-11-17-14(2)15-7-9-16(10-8-15)21(3,18)19/h7-10,14,17H,4-6,11-13H2,1-3H3. The van der Waals surface area contributed by atoms with E-state index in [0.717, 1.165) is 38.2 Å². The molecule has 0 aliphatic rings. The minimum atomic E-state index is -3.11. The van der Waals surface area contributed by atoms with Crippen LogP contribution in [0.1, 0.15) is 44.7 Å². The topological polar surface area (TPSA) is 55.4 Å². The molecular formula is C16H27NO3S. The number of benzene rings is 1. The maximum atomic E-state index is 11.4. The van der Waals surface area contributed by atoms with Crippen molar-refractivity contribution in [3.63, 3.8) is 0 Å². The van der Waals surface area contributed by atoms with Gasteiger partial charge in [-0.1, -0.05) is 25.5 Å². The summed E-state index contributed by atoms with van der Waals surface area (Å²) in [6.07, 6.45) is 4.49. The fourth-order valence-electron chi connectivity index (χ4n) is 1.96. The van der Waals surface area contributed by atoms with Gasteiger partial charge < -0.3 is 10.1 Å². The van der Waals surface area contributed by atoms with Crippen LogP contribution in [0, 0.1) is 0 Å². The first-order valence-corrected chi connectivity index (χ1v) is 9.45. The number of unbranched alkanes of at least 4 members (excludes halogenated alkanes) is 1. The summed E-state index contributed by atoms with van der Waals surface area (Å²) in [5, 5.41) is 3.42. The highest BCUT2D eigenvalue weighted by molar-refractivity contribution is 7.90. The van der Waals surface area contributed by atoms with Gasteiger partial charge in [-0.3, -0.25) is 0 Å². The molecule has 0 fully saturated rings. The van der Waals surface area contributed by atoms with Crippen molar-refractivity contribution < 1.29 is 13.2 Å². The lowest BCUT2D eigenvalue weighted by Crippen LogP contribution is -2.21. The largest absolute Gasteiger partial charge is 0.381 e. The summed E-state index contributed by atoms with van der Waals surface area (Å²) in [6, 6.07) is 7.26. The Labute approximate surface area is 128 Å². The fourth-order valence-corrected chi connectivity index (χ4v) is 2.59. The molecule has 0 bridgehead atoms. The Morgan fingerprint density at radius 1 is 1.14 bits per heavy atom. The van der Waals surface area contributed by atoms with Gasteiger partial charge in [0.25, 0.3) is 0 Å². The fraction of sp³-hybridized carbons (Fsp3) is 0.625. The number of hydrogen-bond acceptors (Lipinski definition) is 4. The zero-order chi connectivity index (χ0) is 15.7. The van der Waals surface area contributed by atoms with Gasteiger partial charge in [-0.25, -0.2) is 8.42 Å². The Hall–Kier alpha value is -0.910. The summed E-state index contributed by atoms with van der Waals surface area (Å²) in [5.74, 6) is 0. The van der Waals surface area contributed by atoms with E-state index in [1.165, 1.54) is 12.7 Å². The van der Waals surface area contributed by atoms with Crippen molar-refractivity contribution in [2.75, 3.05) is 26.0 Å². The zero-order valence-electron chi connectivity index (χ0n) is 13.3. The van der Waals surface area contributed by atoms with E-state index in [1.807, 2.05) is 12.1 Å². The van der Waals surface area contributed by atoms with E-state index in [0.29, 0.717) is 4.90 Å². The van der Waals surface area contributed by atoms with Gasteiger partial charge >= 0.3 is 0 Å². The van der Waals surface area contributed by atoms with Crippen LogP contribution in [0.4, 0.5) is 0 Å². The van der Waals surface area contributed by atoms with Crippen molar-refractivity contribution in [2.24, 2.45) is 0 Å². The first-order valence-electron chi connectivity index (χ1n) is 7.56. The van der Waals surface area contributed by atoms with Gasteiger partial charge in [-0.2, -0.15) is 0 Å². The van der Waals surface area contributed by atoms with Gasteiger partial charge in [0.2, 0.25) is 0 Å². The molecule has 0 aliphatic heterocycles. The van der Waals surface area contributed by atoms with Crippen LogP contribution >= 0.6 is 0 Å². The Morgan fingerprint density at radius 2 is 1.76 bits per heavy atom. The molecule has 0 heterocycles. The Bertz CT molecular complexity index is 497. The molecule has 1 aromatic carbocycles. The van der Waals surface area contributed by atoms with E-state index in [2.05, 4.69) is 19.2 Å². The highest BCUT2D eigenvalue weighted by Crippen LogP contribution is 2.16. The molecule has 5 heteroatoms. The summed E-state index contributed by atoms with van der Waals surface area (Å²) in [6.45, 7) is 6.75. The van der Waals surface area contributed by atoms with Crippen LogP contribution in [0.25, 0.3) is 0 Å². The maximum absolute atomic E-state index is 11.4. The van der Waals surface area contributed by atoms with Gasteiger partial charge in [0, 0.05) is 25.5 Å². The number of hydrogen-bond donors (Lipinski definition) is 1. The van der Waals surface area contributed by atoms with Crippen LogP contribution < -0.4 is 5.32 Å². The van der Waals surface area contributed by atoms with Crippen LogP contribution in [0.2, 0.25) is 0 Å². The second kappa shape index (κ2) is 9.18. The molecular weight excluding hydrogens is 286 g/mol. The number of nitrogens with one attached hydrogen (secondary N) is 1. The van der Waals surface area contributed by atoms with Crippen LogP contribution in [0.3, 0.4) is 0 Å². The Morgan fingerprint density at radius 3 is 2.33 bits per heavy atom. The van der Waals surface area contributed by atoms with Crippen LogP contribution in [-0.4, -0.2) is 34.4 Å². The molecule has 0 aromatic heterocycles. The number of ether oxygens (including phenoxy) is 1. The lowest BCUT2D eigenvalue weighted by atomic mass is 10.1. The first kappa shape index (κ1) is 18.1. The Balaban J connectivity index is 2.31. The van der Waals surface area contributed by atoms with Crippen LogP contribution in [-0.2, 0) is 14.6 Å². The van der Waals surface area contributed by atoms with Gasteiger partial charge in [0.1, 0.15) is 0 Å². The lowest BCUT2D eigenvalue weighted by molar-refractivity contribution is 0.128. The van der Waals surface area contributed by atoms with E-state index < -0.39 is 9.84 Å². The maximum Gasteiger partial charge on any atom is 0.175 e. The monoisotopic (exact) mass is 313 g/mol. The third kappa shape index (κ3) is 7.07. The average Bonchev–Trinajstić information content (AvgIpc) is 2.45. The van der Waals surface area contributed by atoms with Crippen LogP contribution in [0.5, 0.6) is 0 Å². The second-order valence-corrected chi connectivity index (χ2v) is 7.35.